The van der Waals surface area contributed by atoms with E-state index in [1.54, 1.807) is 12.3 Å². The molecule has 0 aliphatic rings. The van der Waals surface area contributed by atoms with Gasteiger partial charge in [0.25, 0.3) is 0 Å². The first kappa shape index (κ1) is 12.0. The van der Waals surface area contributed by atoms with Crippen LogP contribution in [0.1, 0.15) is 16.7 Å². The normalized spacial score (nSPS) is 10.7. The van der Waals surface area contributed by atoms with E-state index in [1.807, 2.05) is 42.6 Å². The summed E-state index contributed by atoms with van der Waals surface area (Å²) in [7, 11) is 0. The lowest BCUT2D eigenvalue weighted by atomic mass is 10.0. The fourth-order valence-electron chi connectivity index (χ4n) is 1.65. The third-order valence-electron chi connectivity index (χ3n) is 2.53. The quantitative estimate of drug-likeness (QED) is 0.834. The number of benzene rings is 1. The lowest BCUT2D eigenvalue weighted by molar-refractivity contribution is -0.131. The van der Waals surface area contributed by atoms with Crippen LogP contribution in [0.5, 0.6) is 0 Å². The Balaban J connectivity index is 2.06. The van der Waals surface area contributed by atoms with Gasteiger partial charge in [-0.05, 0) is 35.3 Å². The van der Waals surface area contributed by atoms with Crippen LogP contribution in [0.2, 0.25) is 0 Å². The van der Waals surface area contributed by atoms with Crippen molar-refractivity contribution in [2.75, 3.05) is 0 Å². The topological polar surface area (TPSA) is 50.2 Å². The van der Waals surface area contributed by atoms with Crippen molar-refractivity contribution in [2.24, 2.45) is 0 Å². The third kappa shape index (κ3) is 3.56. The van der Waals surface area contributed by atoms with Gasteiger partial charge in [0.2, 0.25) is 0 Å². The molecule has 0 spiro atoms. The molecule has 0 saturated heterocycles. The van der Waals surface area contributed by atoms with E-state index in [-0.39, 0.29) is 0 Å². The lowest BCUT2D eigenvalue weighted by Crippen LogP contribution is -1.89. The number of rotatable bonds is 4. The van der Waals surface area contributed by atoms with Crippen LogP contribution in [0, 0.1) is 0 Å². The second-order valence-corrected chi connectivity index (χ2v) is 3.95. The summed E-state index contributed by atoms with van der Waals surface area (Å²) in [4.78, 5) is 14.5. The highest BCUT2D eigenvalue weighted by atomic mass is 16.4. The molecule has 3 nitrogen and oxygen atoms in total. The first-order chi connectivity index (χ1) is 8.74. The van der Waals surface area contributed by atoms with Gasteiger partial charge in [-0.2, -0.15) is 0 Å². The highest BCUT2D eigenvalue weighted by Gasteiger charge is 1.96. The molecule has 0 fully saturated rings. The largest absolute Gasteiger partial charge is 0.478 e. The summed E-state index contributed by atoms with van der Waals surface area (Å²) in [6.45, 7) is 0. The van der Waals surface area contributed by atoms with Crippen molar-refractivity contribution >= 4 is 12.0 Å². The summed E-state index contributed by atoms with van der Waals surface area (Å²) in [5.41, 5.74) is 3.22. The van der Waals surface area contributed by atoms with Crippen molar-refractivity contribution in [3.05, 3.63) is 71.6 Å². The van der Waals surface area contributed by atoms with Gasteiger partial charge >= 0.3 is 5.97 Å². The molecule has 1 aromatic carbocycles. The number of nitrogens with zero attached hydrogens (tertiary/aromatic N) is 1. The van der Waals surface area contributed by atoms with E-state index in [1.165, 1.54) is 5.56 Å². The third-order valence-corrected chi connectivity index (χ3v) is 2.53. The number of hydrogen-bond acceptors (Lipinski definition) is 2. The summed E-state index contributed by atoms with van der Waals surface area (Å²) in [5, 5.41) is 8.53. The van der Waals surface area contributed by atoms with Crippen molar-refractivity contribution in [3.8, 4) is 0 Å². The Kier molecular flexibility index (Phi) is 3.86. The molecule has 0 aliphatic carbocycles. The number of carbonyl (C=O) groups is 1. The van der Waals surface area contributed by atoms with Crippen LogP contribution < -0.4 is 0 Å². The van der Waals surface area contributed by atoms with Gasteiger partial charge in [0.05, 0.1) is 0 Å². The Labute approximate surface area is 105 Å². The van der Waals surface area contributed by atoms with Gasteiger partial charge in [0.15, 0.2) is 0 Å². The summed E-state index contributed by atoms with van der Waals surface area (Å²) in [6.07, 6.45) is 7.14. The molecule has 1 heterocycles. The number of aromatic nitrogens is 1. The molecule has 0 amide bonds. The van der Waals surface area contributed by atoms with Crippen molar-refractivity contribution in [3.63, 3.8) is 0 Å². The molecule has 2 rings (SSSR count). The van der Waals surface area contributed by atoms with Crippen LogP contribution in [0.4, 0.5) is 0 Å². The molecule has 0 aliphatic heterocycles. The molecule has 18 heavy (non-hydrogen) atoms. The minimum atomic E-state index is -0.936. The van der Waals surface area contributed by atoms with Crippen molar-refractivity contribution in [2.45, 2.75) is 6.42 Å². The molecule has 0 unspecified atom stereocenters. The highest BCUT2D eigenvalue weighted by Crippen LogP contribution is 2.10. The van der Waals surface area contributed by atoms with E-state index in [2.05, 4.69) is 4.98 Å². The molecule has 0 radical (unpaired) electrons. The zero-order valence-electron chi connectivity index (χ0n) is 9.78. The zero-order chi connectivity index (χ0) is 12.8. The standard InChI is InChI=1S/C15H13NO2/c17-15(18)8-7-12-3-5-13(6-4-12)10-14-2-1-9-16-11-14/h1-9,11H,10H2,(H,17,18). The molecule has 3 heteroatoms. The van der Waals surface area contributed by atoms with E-state index >= 15 is 0 Å². The molecule has 0 saturated carbocycles. The smallest absolute Gasteiger partial charge is 0.328 e. The first-order valence-electron chi connectivity index (χ1n) is 5.63. The molecular formula is C15H13NO2. The van der Waals surface area contributed by atoms with Gasteiger partial charge in [-0.3, -0.25) is 4.98 Å². The van der Waals surface area contributed by atoms with Crippen LogP contribution in [0.25, 0.3) is 6.08 Å². The van der Waals surface area contributed by atoms with Gasteiger partial charge in [0, 0.05) is 18.5 Å². The maximum absolute atomic E-state index is 10.4. The molecule has 0 bridgehead atoms. The highest BCUT2D eigenvalue weighted by molar-refractivity contribution is 5.85. The van der Waals surface area contributed by atoms with Crippen molar-refractivity contribution < 1.29 is 9.90 Å². The summed E-state index contributed by atoms with van der Waals surface area (Å²) in [6, 6.07) is 11.8. The Bertz CT molecular complexity index is 544. The van der Waals surface area contributed by atoms with E-state index in [0.29, 0.717) is 0 Å². The maximum atomic E-state index is 10.4. The van der Waals surface area contributed by atoms with Crippen LogP contribution >= 0.6 is 0 Å². The van der Waals surface area contributed by atoms with Crippen LogP contribution in [-0.4, -0.2) is 16.1 Å². The minimum Gasteiger partial charge on any atom is -0.478 e. The number of carboxylic acid groups (broad SMARTS) is 1. The molecule has 2 aromatic rings. The van der Waals surface area contributed by atoms with E-state index in [4.69, 9.17) is 5.11 Å². The average molecular weight is 239 g/mol. The van der Waals surface area contributed by atoms with Crippen molar-refractivity contribution in [1.82, 2.24) is 4.98 Å². The molecule has 1 N–H and O–H groups in total. The summed E-state index contributed by atoms with van der Waals surface area (Å²) >= 11 is 0. The molecule has 90 valence electrons. The second kappa shape index (κ2) is 5.77. The Hall–Kier alpha value is -2.42. The SMILES string of the molecule is O=C(O)C=Cc1ccc(Cc2cccnc2)cc1. The van der Waals surface area contributed by atoms with Gasteiger partial charge in [-0.15, -0.1) is 0 Å². The zero-order valence-corrected chi connectivity index (χ0v) is 9.78. The van der Waals surface area contributed by atoms with E-state index in [0.717, 1.165) is 23.6 Å². The van der Waals surface area contributed by atoms with Gasteiger partial charge in [-0.1, -0.05) is 30.3 Å². The first-order valence-corrected chi connectivity index (χ1v) is 5.63. The number of carboxylic acids is 1. The van der Waals surface area contributed by atoms with E-state index < -0.39 is 5.97 Å². The predicted molar refractivity (Wildman–Crippen MR) is 70.2 cm³/mol. The number of aliphatic carboxylic acids is 1. The van der Waals surface area contributed by atoms with Gasteiger partial charge in [-0.25, -0.2) is 4.79 Å². The van der Waals surface area contributed by atoms with Crippen LogP contribution in [-0.2, 0) is 11.2 Å². The Morgan fingerprint density at radius 1 is 1.17 bits per heavy atom. The number of hydrogen-bond donors (Lipinski definition) is 1. The summed E-state index contributed by atoms with van der Waals surface area (Å²) < 4.78 is 0. The Morgan fingerprint density at radius 3 is 2.56 bits per heavy atom. The predicted octanol–water partition coefficient (Wildman–Crippen LogP) is 2.77. The lowest BCUT2D eigenvalue weighted by Gasteiger charge is -2.01. The molecule has 0 atom stereocenters. The minimum absolute atomic E-state index is 0.830. The van der Waals surface area contributed by atoms with E-state index in [9.17, 15) is 4.79 Å². The Morgan fingerprint density at radius 2 is 1.94 bits per heavy atom. The van der Waals surface area contributed by atoms with Crippen LogP contribution in [0.15, 0.2) is 54.9 Å². The second-order valence-electron chi connectivity index (χ2n) is 3.95. The monoisotopic (exact) mass is 239 g/mol. The fourth-order valence-corrected chi connectivity index (χ4v) is 1.65. The van der Waals surface area contributed by atoms with Gasteiger partial charge in [0.1, 0.15) is 0 Å². The molecule has 1 aromatic heterocycles. The summed E-state index contributed by atoms with van der Waals surface area (Å²) in [5.74, 6) is -0.936. The van der Waals surface area contributed by atoms with Crippen molar-refractivity contribution in [1.29, 1.82) is 0 Å². The fraction of sp³-hybridized carbons (Fsp3) is 0.0667. The maximum Gasteiger partial charge on any atom is 0.328 e. The van der Waals surface area contributed by atoms with Crippen LogP contribution in [0.3, 0.4) is 0 Å². The van der Waals surface area contributed by atoms with Gasteiger partial charge < -0.3 is 5.11 Å². The number of pyridine rings is 1. The average Bonchev–Trinajstić information content (AvgIpc) is 2.39. The molecular weight excluding hydrogens is 226 g/mol.